The van der Waals surface area contributed by atoms with Crippen LogP contribution in [0.1, 0.15) is 148 Å². The van der Waals surface area contributed by atoms with Crippen molar-refractivity contribution in [2.45, 2.75) is 137 Å². The van der Waals surface area contributed by atoms with Gasteiger partial charge in [0.1, 0.15) is 0 Å². The Labute approximate surface area is 311 Å². The molecule has 2 nitrogen and oxygen atoms in total. The van der Waals surface area contributed by atoms with E-state index >= 15 is 0 Å². The summed E-state index contributed by atoms with van der Waals surface area (Å²) in [5.41, 5.74) is 14.3. The van der Waals surface area contributed by atoms with Gasteiger partial charge < -0.3 is 10.2 Å². The topological polar surface area (TPSA) is 15.3 Å². The molecule has 272 valence electrons. The number of hydrogen-bond acceptors (Lipinski definition) is 2. The molecule has 0 atom stereocenters. The van der Waals surface area contributed by atoms with Crippen LogP contribution >= 0.6 is 0 Å². The monoisotopic (exact) mass is 683 g/mol. The van der Waals surface area contributed by atoms with E-state index in [2.05, 4.69) is 117 Å². The first-order chi connectivity index (χ1) is 24.9. The molecule has 0 aromatic heterocycles. The fraction of sp³-hybridized carbons (Fsp3) is 0.551. The summed E-state index contributed by atoms with van der Waals surface area (Å²) in [5.74, 6) is 1.40. The highest BCUT2D eigenvalue weighted by Crippen LogP contribution is 2.59. The van der Waals surface area contributed by atoms with Crippen LogP contribution in [-0.2, 0) is 0 Å². The van der Waals surface area contributed by atoms with Crippen molar-refractivity contribution in [3.05, 3.63) is 118 Å². The average Bonchev–Trinajstić information content (AvgIpc) is 3.31. The van der Waals surface area contributed by atoms with Crippen LogP contribution in [0.25, 0.3) is 11.6 Å². The lowest BCUT2D eigenvalue weighted by atomic mass is 9.64. The van der Waals surface area contributed by atoms with Crippen molar-refractivity contribution >= 4 is 11.6 Å². The predicted molar refractivity (Wildman–Crippen MR) is 220 cm³/mol. The molecule has 6 aliphatic rings. The average molecular weight is 683 g/mol. The standard InChI is InChI=1S/C49H66N2/c1-37(2)27-34-50-44-23-17-21-40-19-9-10-22-42(40)47(44)48(29-12-5-13-30-48)31-16-11-24-46-49(32-14-6-15-33-49)43-36-41-20-8-7-18-39(41)25-26-45(43)51(46)35-28-38(3)4/h8-11,16-17,19-22,24-26,37-38,50H,5-7,12-15,18,23,27-36H2,1-4H3/b16-11+,46-24+. The Kier molecular flexibility index (Phi) is 11.5. The molecular weight excluding hydrogens is 617 g/mol. The van der Waals surface area contributed by atoms with Crippen molar-refractivity contribution in [1.29, 1.82) is 0 Å². The van der Waals surface area contributed by atoms with Crippen molar-refractivity contribution < 1.29 is 0 Å². The third-order valence-electron chi connectivity index (χ3n) is 13.2. The van der Waals surface area contributed by atoms with Gasteiger partial charge in [-0.2, -0.15) is 0 Å². The van der Waals surface area contributed by atoms with E-state index < -0.39 is 0 Å². The summed E-state index contributed by atoms with van der Waals surface area (Å²) < 4.78 is 0. The second-order valence-corrected chi connectivity index (χ2v) is 17.5. The van der Waals surface area contributed by atoms with Gasteiger partial charge in [0.25, 0.3) is 0 Å². The van der Waals surface area contributed by atoms with Crippen molar-refractivity contribution in [2.24, 2.45) is 22.7 Å². The minimum atomic E-state index is 0.166. The van der Waals surface area contributed by atoms with Gasteiger partial charge in [0.05, 0.1) is 0 Å². The van der Waals surface area contributed by atoms with Crippen molar-refractivity contribution in [3.8, 4) is 0 Å². The molecule has 2 fully saturated rings. The number of nitrogens with zero attached hydrogens (tertiary/aromatic N) is 1. The Morgan fingerprint density at radius 1 is 0.804 bits per heavy atom. The van der Waals surface area contributed by atoms with E-state index in [1.807, 2.05) is 0 Å². The van der Waals surface area contributed by atoms with E-state index in [4.69, 9.17) is 0 Å². The zero-order valence-corrected chi connectivity index (χ0v) is 32.5. The van der Waals surface area contributed by atoms with E-state index in [1.54, 1.807) is 28.0 Å². The first kappa shape index (κ1) is 36.1. The summed E-state index contributed by atoms with van der Waals surface area (Å²) in [5, 5.41) is 4.03. The molecule has 1 aromatic rings. The Hall–Kier alpha value is -3.26. The van der Waals surface area contributed by atoms with Gasteiger partial charge in [-0.3, -0.25) is 0 Å². The van der Waals surface area contributed by atoms with Crippen molar-refractivity contribution in [1.82, 2.24) is 10.2 Å². The molecule has 51 heavy (non-hydrogen) atoms. The maximum absolute atomic E-state index is 4.03. The van der Waals surface area contributed by atoms with Gasteiger partial charge >= 0.3 is 0 Å². The number of nitrogens with one attached hydrogen (secondary N) is 1. The van der Waals surface area contributed by atoms with Gasteiger partial charge in [-0.15, -0.1) is 0 Å². The van der Waals surface area contributed by atoms with E-state index in [0.717, 1.165) is 32.4 Å². The maximum atomic E-state index is 4.03. The molecule has 1 spiro atoms. The quantitative estimate of drug-likeness (QED) is 0.250. The lowest BCUT2D eigenvalue weighted by Gasteiger charge is -2.41. The van der Waals surface area contributed by atoms with Crippen LogP contribution in [0.5, 0.6) is 0 Å². The summed E-state index contributed by atoms with van der Waals surface area (Å²) in [4.78, 5) is 2.80. The molecule has 1 aliphatic heterocycles. The van der Waals surface area contributed by atoms with Gasteiger partial charge in [0.2, 0.25) is 0 Å². The summed E-state index contributed by atoms with van der Waals surface area (Å²) in [7, 11) is 0. The molecule has 2 saturated carbocycles. The minimum absolute atomic E-state index is 0.166. The minimum Gasteiger partial charge on any atom is -0.388 e. The van der Waals surface area contributed by atoms with Crippen LogP contribution in [0.2, 0.25) is 0 Å². The predicted octanol–water partition coefficient (Wildman–Crippen LogP) is 13.4. The highest BCUT2D eigenvalue weighted by Gasteiger charge is 2.48. The molecular formula is C49H66N2. The SMILES string of the molecule is CC(C)CCNC1=C(C2(C/C=C/C=C3/N(CCC(C)C)C4=C(CC5=C(C=C4)CCC=C5)C34CCCCC4)CCCCC2)c2ccccc2C=CC1. The number of benzene rings is 1. The fourth-order valence-corrected chi connectivity index (χ4v) is 10.4. The third kappa shape index (κ3) is 7.63. The molecule has 1 aromatic carbocycles. The third-order valence-corrected chi connectivity index (χ3v) is 13.2. The molecule has 0 bridgehead atoms. The molecule has 0 saturated heterocycles. The Balaban J connectivity index is 1.25. The van der Waals surface area contributed by atoms with Crippen molar-refractivity contribution in [2.75, 3.05) is 13.1 Å². The summed E-state index contributed by atoms with van der Waals surface area (Å²) in [6, 6.07) is 9.24. The summed E-state index contributed by atoms with van der Waals surface area (Å²) in [6.45, 7) is 11.7. The van der Waals surface area contributed by atoms with Crippen LogP contribution in [-0.4, -0.2) is 18.0 Å². The second-order valence-electron chi connectivity index (χ2n) is 17.5. The molecule has 0 unspecified atom stereocenters. The molecule has 2 heteroatoms. The molecule has 5 aliphatic carbocycles. The lowest BCUT2D eigenvalue weighted by Crippen LogP contribution is -2.31. The lowest BCUT2D eigenvalue weighted by molar-refractivity contribution is 0.253. The largest absolute Gasteiger partial charge is 0.388 e. The Morgan fingerprint density at radius 3 is 2.35 bits per heavy atom. The molecule has 1 N–H and O–H groups in total. The van der Waals surface area contributed by atoms with Gasteiger partial charge in [0.15, 0.2) is 0 Å². The van der Waals surface area contributed by atoms with Crippen LogP contribution in [0.15, 0.2) is 107 Å². The molecule has 7 rings (SSSR count). The Bertz CT molecular complexity index is 1650. The van der Waals surface area contributed by atoms with Crippen LogP contribution in [0, 0.1) is 22.7 Å². The van der Waals surface area contributed by atoms with Gasteiger partial charge in [0, 0.05) is 47.4 Å². The number of fused-ring (bicyclic) bond motifs is 2. The van der Waals surface area contributed by atoms with E-state index in [9.17, 15) is 0 Å². The molecule has 0 radical (unpaired) electrons. The van der Waals surface area contributed by atoms with E-state index in [-0.39, 0.29) is 10.8 Å². The summed E-state index contributed by atoms with van der Waals surface area (Å²) >= 11 is 0. The first-order valence-corrected chi connectivity index (χ1v) is 21.1. The number of hydrogen-bond donors (Lipinski definition) is 1. The van der Waals surface area contributed by atoms with Crippen LogP contribution in [0.4, 0.5) is 0 Å². The maximum Gasteiger partial charge on any atom is 0.0413 e. The zero-order chi connectivity index (χ0) is 35.3. The molecule has 0 amide bonds. The summed E-state index contributed by atoms with van der Waals surface area (Å²) in [6.07, 6.45) is 43.7. The van der Waals surface area contributed by atoms with Gasteiger partial charge in [-0.05, 0) is 122 Å². The zero-order valence-electron chi connectivity index (χ0n) is 32.5. The molecule has 1 heterocycles. The Morgan fingerprint density at radius 2 is 1.57 bits per heavy atom. The van der Waals surface area contributed by atoms with Crippen molar-refractivity contribution in [3.63, 3.8) is 0 Å². The first-order valence-electron chi connectivity index (χ1n) is 21.1. The normalized spacial score (nSPS) is 23.5. The fourth-order valence-electron chi connectivity index (χ4n) is 10.4. The van der Waals surface area contributed by atoms with Gasteiger partial charge in [-0.25, -0.2) is 0 Å². The van der Waals surface area contributed by atoms with Gasteiger partial charge in [-0.1, -0.05) is 133 Å². The number of allylic oxidation sites excluding steroid dienone is 12. The number of rotatable bonds is 11. The van der Waals surface area contributed by atoms with Crippen LogP contribution < -0.4 is 5.32 Å². The smallest absolute Gasteiger partial charge is 0.0413 e. The highest BCUT2D eigenvalue weighted by atomic mass is 15.2. The van der Waals surface area contributed by atoms with Crippen LogP contribution in [0.3, 0.4) is 0 Å². The second kappa shape index (κ2) is 16.2. The highest BCUT2D eigenvalue weighted by molar-refractivity contribution is 5.81. The van der Waals surface area contributed by atoms with E-state index in [1.165, 1.54) is 112 Å². The van der Waals surface area contributed by atoms with E-state index in [0.29, 0.717) is 11.8 Å².